The van der Waals surface area contributed by atoms with E-state index in [-0.39, 0.29) is 11.5 Å². The molecule has 5 aromatic rings. The van der Waals surface area contributed by atoms with Crippen molar-refractivity contribution in [3.8, 4) is 11.3 Å². The minimum absolute atomic E-state index is 0.195. The van der Waals surface area contributed by atoms with E-state index in [0.717, 1.165) is 10.9 Å². The third kappa shape index (κ3) is 3.89. The van der Waals surface area contributed by atoms with Gasteiger partial charge in [-0.2, -0.15) is 5.10 Å². The number of anilines is 1. The van der Waals surface area contributed by atoms with Crippen LogP contribution in [-0.4, -0.2) is 38.4 Å². The maximum Gasteiger partial charge on any atom is 0.413 e. The van der Waals surface area contributed by atoms with Gasteiger partial charge in [0.1, 0.15) is 5.82 Å². The van der Waals surface area contributed by atoms with Crippen LogP contribution in [0.25, 0.3) is 33.1 Å². The van der Waals surface area contributed by atoms with Gasteiger partial charge in [-0.3, -0.25) is 15.1 Å². The van der Waals surface area contributed by atoms with Gasteiger partial charge in [0.2, 0.25) is 5.95 Å². The van der Waals surface area contributed by atoms with E-state index in [4.69, 9.17) is 0 Å². The number of rotatable bonds is 4. The summed E-state index contributed by atoms with van der Waals surface area (Å²) in [7, 11) is 1.25. The minimum Gasteiger partial charge on any atom is -0.453 e. The molecule has 2 aromatic carbocycles. The van der Waals surface area contributed by atoms with E-state index in [1.807, 2.05) is 12.1 Å². The second-order valence-electron chi connectivity index (χ2n) is 7.32. The molecule has 0 aliphatic heterocycles. The number of fused-ring (bicyclic) bond motifs is 2. The summed E-state index contributed by atoms with van der Waals surface area (Å²) in [4.78, 5) is 35.0. The number of hydrogen-bond acceptors (Lipinski definition) is 6. The summed E-state index contributed by atoms with van der Waals surface area (Å²) in [6.45, 7) is 0. The topological polar surface area (TPSA) is 126 Å². The van der Waals surface area contributed by atoms with Crippen LogP contribution in [0.5, 0.6) is 0 Å². The molecule has 33 heavy (non-hydrogen) atoms. The lowest BCUT2D eigenvalue weighted by Crippen LogP contribution is -2.11. The third-order valence-electron chi connectivity index (χ3n) is 5.23. The van der Waals surface area contributed by atoms with E-state index in [2.05, 4.69) is 35.2 Å². The zero-order valence-electron chi connectivity index (χ0n) is 17.3. The Balaban J connectivity index is 1.50. The highest BCUT2D eigenvalue weighted by Crippen LogP contribution is 2.27. The molecule has 1 amide bonds. The van der Waals surface area contributed by atoms with Gasteiger partial charge in [-0.1, -0.05) is 24.3 Å². The smallest absolute Gasteiger partial charge is 0.413 e. The van der Waals surface area contributed by atoms with Gasteiger partial charge >= 0.3 is 6.09 Å². The van der Waals surface area contributed by atoms with Crippen molar-refractivity contribution in [2.45, 2.75) is 6.42 Å². The summed E-state index contributed by atoms with van der Waals surface area (Å²) >= 11 is 0. The van der Waals surface area contributed by atoms with Crippen LogP contribution in [-0.2, 0) is 11.2 Å². The first-order valence-electron chi connectivity index (χ1n) is 9.97. The predicted octanol–water partition coefficient (Wildman–Crippen LogP) is 3.77. The summed E-state index contributed by atoms with van der Waals surface area (Å²) in [5, 5.41) is 10.5. The number of amides is 1. The first-order valence-corrected chi connectivity index (χ1v) is 9.97. The Labute approximate surface area is 185 Å². The number of nitrogens with zero attached hydrogens (tertiary/aromatic N) is 3. The van der Waals surface area contributed by atoms with Gasteiger partial charge in [0.25, 0.3) is 5.56 Å². The molecule has 0 bridgehead atoms. The van der Waals surface area contributed by atoms with Crippen molar-refractivity contribution in [2.24, 2.45) is 0 Å². The van der Waals surface area contributed by atoms with Crippen LogP contribution in [0.4, 0.5) is 15.1 Å². The van der Waals surface area contributed by atoms with E-state index in [9.17, 15) is 14.0 Å². The Kier molecular flexibility index (Phi) is 5.02. The second kappa shape index (κ2) is 8.15. The van der Waals surface area contributed by atoms with Gasteiger partial charge in [-0.05, 0) is 29.8 Å². The molecule has 0 unspecified atom stereocenters. The van der Waals surface area contributed by atoms with Gasteiger partial charge in [-0.15, -0.1) is 0 Å². The van der Waals surface area contributed by atoms with Crippen molar-refractivity contribution < 1.29 is 13.9 Å². The summed E-state index contributed by atoms with van der Waals surface area (Å²) in [5.74, 6) is -0.241. The normalized spacial score (nSPS) is 11.1. The van der Waals surface area contributed by atoms with Crippen molar-refractivity contribution in [3.63, 3.8) is 0 Å². The Morgan fingerprint density at radius 3 is 2.79 bits per heavy atom. The largest absolute Gasteiger partial charge is 0.453 e. The number of benzene rings is 2. The van der Waals surface area contributed by atoms with Gasteiger partial charge in [0, 0.05) is 17.4 Å². The molecular formula is C23H17FN6O3. The highest BCUT2D eigenvalue weighted by Gasteiger charge is 2.13. The van der Waals surface area contributed by atoms with Crippen LogP contribution >= 0.6 is 0 Å². The number of hydrogen-bond donors (Lipinski definition) is 3. The molecule has 0 aliphatic rings. The average Bonchev–Trinajstić information content (AvgIpc) is 3.23. The van der Waals surface area contributed by atoms with Crippen LogP contribution < -0.4 is 10.9 Å². The van der Waals surface area contributed by atoms with Gasteiger partial charge in [0.15, 0.2) is 0 Å². The molecule has 3 heterocycles. The summed E-state index contributed by atoms with van der Waals surface area (Å²) < 4.78 is 19.3. The lowest BCUT2D eigenvalue weighted by atomic mass is 10.0. The fourth-order valence-corrected chi connectivity index (χ4v) is 3.64. The number of imidazole rings is 1. The van der Waals surface area contributed by atoms with Crippen LogP contribution in [0.15, 0.2) is 59.5 Å². The third-order valence-corrected chi connectivity index (χ3v) is 5.23. The van der Waals surface area contributed by atoms with Crippen LogP contribution in [0.2, 0.25) is 0 Å². The monoisotopic (exact) mass is 444 g/mol. The molecule has 0 atom stereocenters. The van der Waals surface area contributed by atoms with Gasteiger partial charge < -0.3 is 9.72 Å². The van der Waals surface area contributed by atoms with Crippen molar-refractivity contribution in [3.05, 3.63) is 82.2 Å². The number of pyridine rings is 1. The second-order valence-corrected chi connectivity index (χ2v) is 7.32. The van der Waals surface area contributed by atoms with E-state index in [0.29, 0.717) is 39.8 Å². The van der Waals surface area contributed by atoms with E-state index < -0.39 is 11.9 Å². The SMILES string of the molecule is COC(=O)Nc1nc2cc(-c3cc(Cc4n[nH]c(=O)c5ccccc45)ccc3F)ncc2[nH]1. The number of carbonyl (C=O) groups excluding carboxylic acids is 1. The summed E-state index contributed by atoms with van der Waals surface area (Å²) in [5.41, 5.74) is 2.98. The molecule has 0 saturated heterocycles. The molecule has 0 radical (unpaired) electrons. The number of nitrogens with one attached hydrogen (secondary N) is 3. The maximum atomic E-state index is 14.7. The number of H-pyrrole nitrogens is 2. The molecule has 9 nitrogen and oxygen atoms in total. The van der Waals surface area contributed by atoms with Crippen molar-refractivity contribution >= 4 is 33.8 Å². The van der Waals surface area contributed by atoms with E-state index in [1.165, 1.54) is 19.4 Å². The molecule has 3 aromatic heterocycles. The van der Waals surface area contributed by atoms with Crippen molar-refractivity contribution in [1.82, 2.24) is 25.1 Å². The van der Waals surface area contributed by atoms with E-state index >= 15 is 0 Å². The predicted molar refractivity (Wildman–Crippen MR) is 120 cm³/mol. The highest BCUT2D eigenvalue weighted by atomic mass is 19.1. The Hall–Kier alpha value is -4.60. The first kappa shape index (κ1) is 20.3. The average molecular weight is 444 g/mol. The number of ether oxygens (including phenoxy) is 1. The first-order chi connectivity index (χ1) is 16.0. The lowest BCUT2D eigenvalue weighted by molar-refractivity contribution is 0.186. The van der Waals surface area contributed by atoms with Crippen LogP contribution in [0.3, 0.4) is 0 Å². The highest BCUT2D eigenvalue weighted by molar-refractivity contribution is 5.87. The molecule has 10 heteroatoms. The van der Waals surface area contributed by atoms with Crippen LogP contribution in [0, 0.1) is 5.82 Å². The molecular weight excluding hydrogens is 427 g/mol. The summed E-state index contributed by atoms with van der Waals surface area (Å²) in [6.07, 6.45) is 1.25. The fraction of sp³-hybridized carbons (Fsp3) is 0.0870. The molecule has 5 rings (SSSR count). The number of aromatic amines is 2. The zero-order chi connectivity index (χ0) is 22.9. The quantitative estimate of drug-likeness (QED) is 0.387. The maximum absolute atomic E-state index is 14.7. The Morgan fingerprint density at radius 1 is 1.15 bits per heavy atom. The minimum atomic E-state index is -0.663. The van der Waals surface area contributed by atoms with Gasteiger partial charge in [0.05, 0.1) is 41.1 Å². The molecule has 0 fully saturated rings. The standard InChI is InChI=1S/C23H17FN6O3/c1-33-23(32)28-22-26-19-10-17(25-11-20(19)27-22)15-8-12(6-7-16(15)24)9-18-13-4-2-3-5-14(13)21(31)30-29-18/h2-8,10-11H,9H2,1H3,(H,30,31)(H2,26,27,28,32). The molecule has 3 N–H and O–H groups in total. The van der Waals surface area contributed by atoms with Crippen molar-refractivity contribution in [2.75, 3.05) is 12.4 Å². The number of aromatic nitrogens is 5. The summed E-state index contributed by atoms with van der Waals surface area (Å²) in [6, 6.07) is 13.6. The number of carbonyl (C=O) groups is 1. The lowest BCUT2D eigenvalue weighted by Gasteiger charge is -2.08. The number of methoxy groups -OCH3 is 1. The Morgan fingerprint density at radius 2 is 1.97 bits per heavy atom. The molecule has 0 saturated carbocycles. The fourth-order valence-electron chi connectivity index (χ4n) is 3.64. The zero-order valence-corrected chi connectivity index (χ0v) is 17.3. The van der Waals surface area contributed by atoms with Crippen LogP contribution in [0.1, 0.15) is 11.3 Å². The molecule has 164 valence electrons. The van der Waals surface area contributed by atoms with Crippen molar-refractivity contribution in [1.29, 1.82) is 0 Å². The Bertz CT molecular complexity index is 1580. The number of halogens is 1. The molecule has 0 aliphatic carbocycles. The van der Waals surface area contributed by atoms with E-state index in [1.54, 1.807) is 30.3 Å². The molecule has 0 spiro atoms. The van der Waals surface area contributed by atoms with Gasteiger partial charge in [-0.25, -0.2) is 19.3 Å².